The summed E-state index contributed by atoms with van der Waals surface area (Å²) in [6, 6.07) is 0. The summed E-state index contributed by atoms with van der Waals surface area (Å²) < 4.78 is 0. The molecular weight excluding hydrogens is 312 g/mol. The molecular formula is C20H38N4O. The fourth-order valence-electron chi connectivity index (χ4n) is 4.88. The van der Waals surface area contributed by atoms with Crippen molar-refractivity contribution < 1.29 is 5.11 Å². The molecule has 0 aromatic heterocycles. The van der Waals surface area contributed by atoms with E-state index in [1.54, 1.807) is 0 Å². The van der Waals surface area contributed by atoms with E-state index in [-0.39, 0.29) is 11.5 Å². The van der Waals surface area contributed by atoms with E-state index in [1.807, 2.05) is 7.05 Å². The first kappa shape index (κ1) is 19.0. The summed E-state index contributed by atoms with van der Waals surface area (Å²) in [5.41, 5.74) is -0.0128. The molecule has 2 saturated heterocycles. The van der Waals surface area contributed by atoms with Crippen molar-refractivity contribution in [1.29, 1.82) is 0 Å². The van der Waals surface area contributed by atoms with Crippen molar-refractivity contribution >= 4 is 5.96 Å². The summed E-state index contributed by atoms with van der Waals surface area (Å²) >= 11 is 0. The monoisotopic (exact) mass is 350 g/mol. The average Bonchev–Trinajstić information content (AvgIpc) is 3.07. The van der Waals surface area contributed by atoms with Crippen LogP contribution in [-0.2, 0) is 0 Å². The second-order valence-corrected chi connectivity index (χ2v) is 8.78. The molecule has 2 heterocycles. The summed E-state index contributed by atoms with van der Waals surface area (Å²) in [6.45, 7) is 9.12. The predicted octanol–water partition coefficient (Wildman–Crippen LogP) is 2.31. The molecule has 3 unspecified atom stereocenters. The molecule has 3 atom stereocenters. The number of aliphatic hydroxyl groups is 1. The van der Waals surface area contributed by atoms with Crippen LogP contribution in [0.3, 0.4) is 0 Å². The lowest BCUT2D eigenvalue weighted by Gasteiger charge is -2.39. The topological polar surface area (TPSA) is 51.1 Å². The van der Waals surface area contributed by atoms with Crippen molar-refractivity contribution in [3.63, 3.8) is 0 Å². The summed E-state index contributed by atoms with van der Waals surface area (Å²) in [4.78, 5) is 9.61. The number of nitrogens with one attached hydrogen (secondary N) is 1. The molecule has 3 fully saturated rings. The van der Waals surface area contributed by atoms with Crippen LogP contribution in [0.5, 0.6) is 0 Å². The summed E-state index contributed by atoms with van der Waals surface area (Å²) in [5, 5.41) is 14.0. The standard InChI is InChI=1S/C20H38N4O/c1-20(10-5-4-8-18(20)25)16-22-19(21-2)24-13-9-17(15-24)14-23-11-6-3-7-12-23/h17-18,25H,3-16H2,1-2H3,(H,21,22). The Morgan fingerprint density at radius 1 is 1.12 bits per heavy atom. The van der Waals surface area contributed by atoms with Crippen LogP contribution in [0, 0.1) is 11.3 Å². The molecule has 3 aliphatic rings. The van der Waals surface area contributed by atoms with Crippen LogP contribution in [-0.4, -0.2) is 73.3 Å². The third-order valence-electron chi connectivity index (χ3n) is 6.69. The van der Waals surface area contributed by atoms with Crippen molar-refractivity contribution in [2.75, 3.05) is 46.3 Å². The lowest BCUT2D eigenvalue weighted by molar-refractivity contribution is 0.00369. The Balaban J connectivity index is 1.47. The quantitative estimate of drug-likeness (QED) is 0.603. The maximum absolute atomic E-state index is 10.4. The number of aliphatic imine (C=N–C) groups is 1. The Bertz CT molecular complexity index is 449. The Morgan fingerprint density at radius 3 is 2.64 bits per heavy atom. The predicted molar refractivity (Wildman–Crippen MR) is 104 cm³/mol. The van der Waals surface area contributed by atoms with Gasteiger partial charge in [0.1, 0.15) is 0 Å². The summed E-state index contributed by atoms with van der Waals surface area (Å²) in [7, 11) is 1.89. The molecule has 0 spiro atoms. The maximum atomic E-state index is 10.4. The lowest BCUT2D eigenvalue weighted by Crippen LogP contribution is -2.49. The van der Waals surface area contributed by atoms with Crippen LogP contribution in [0.15, 0.2) is 4.99 Å². The molecule has 1 saturated carbocycles. The number of aliphatic hydroxyl groups excluding tert-OH is 1. The van der Waals surface area contributed by atoms with E-state index in [4.69, 9.17) is 0 Å². The molecule has 25 heavy (non-hydrogen) atoms. The molecule has 0 radical (unpaired) electrons. The number of hydrogen-bond acceptors (Lipinski definition) is 3. The third kappa shape index (κ3) is 4.88. The first-order valence-electron chi connectivity index (χ1n) is 10.5. The van der Waals surface area contributed by atoms with E-state index in [2.05, 4.69) is 27.0 Å². The van der Waals surface area contributed by atoms with E-state index in [1.165, 1.54) is 51.7 Å². The van der Waals surface area contributed by atoms with Gasteiger partial charge in [-0.1, -0.05) is 26.2 Å². The highest BCUT2D eigenvalue weighted by atomic mass is 16.3. The fourth-order valence-corrected chi connectivity index (χ4v) is 4.88. The molecule has 1 aliphatic carbocycles. The van der Waals surface area contributed by atoms with Crippen molar-refractivity contribution in [3.05, 3.63) is 0 Å². The molecule has 0 amide bonds. The number of guanidine groups is 1. The van der Waals surface area contributed by atoms with Gasteiger partial charge in [0.05, 0.1) is 6.10 Å². The molecule has 0 aromatic rings. The van der Waals surface area contributed by atoms with Gasteiger partial charge in [0.15, 0.2) is 5.96 Å². The van der Waals surface area contributed by atoms with Gasteiger partial charge in [-0.05, 0) is 51.1 Å². The maximum Gasteiger partial charge on any atom is 0.193 e. The van der Waals surface area contributed by atoms with E-state index >= 15 is 0 Å². The van der Waals surface area contributed by atoms with Crippen LogP contribution < -0.4 is 5.32 Å². The Hall–Kier alpha value is -0.810. The number of nitrogens with zero attached hydrogens (tertiary/aromatic N) is 3. The van der Waals surface area contributed by atoms with Crippen LogP contribution in [0.2, 0.25) is 0 Å². The molecule has 2 N–H and O–H groups in total. The van der Waals surface area contributed by atoms with Gasteiger partial charge in [-0.2, -0.15) is 0 Å². The Labute approximate surface area is 153 Å². The van der Waals surface area contributed by atoms with Gasteiger partial charge < -0.3 is 20.2 Å². The zero-order valence-electron chi connectivity index (χ0n) is 16.3. The first-order chi connectivity index (χ1) is 12.1. The van der Waals surface area contributed by atoms with Crippen molar-refractivity contribution in [3.8, 4) is 0 Å². The second-order valence-electron chi connectivity index (χ2n) is 8.78. The number of hydrogen-bond donors (Lipinski definition) is 2. The molecule has 0 aromatic carbocycles. The van der Waals surface area contributed by atoms with E-state index in [9.17, 15) is 5.11 Å². The summed E-state index contributed by atoms with van der Waals surface area (Å²) in [5.74, 6) is 1.80. The molecule has 5 heteroatoms. The Morgan fingerprint density at radius 2 is 1.92 bits per heavy atom. The minimum atomic E-state index is -0.183. The smallest absolute Gasteiger partial charge is 0.193 e. The van der Waals surface area contributed by atoms with Crippen molar-refractivity contribution in [2.45, 2.75) is 64.4 Å². The zero-order valence-corrected chi connectivity index (χ0v) is 16.3. The molecule has 0 bridgehead atoms. The fraction of sp³-hybridized carbons (Fsp3) is 0.950. The molecule has 3 rings (SSSR count). The van der Waals surface area contributed by atoms with E-state index in [0.29, 0.717) is 0 Å². The second kappa shape index (κ2) is 8.72. The van der Waals surface area contributed by atoms with Gasteiger partial charge in [-0.25, -0.2) is 0 Å². The Kier molecular flexibility index (Phi) is 6.61. The van der Waals surface area contributed by atoms with Gasteiger partial charge in [0.25, 0.3) is 0 Å². The van der Waals surface area contributed by atoms with Gasteiger partial charge in [0, 0.05) is 38.6 Å². The van der Waals surface area contributed by atoms with Crippen LogP contribution in [0.25, 0.3) is 0 Å². The van der Waals surface area contributed by atoms with Crippen LogP contribution in [0.4, 0.5) is 0 Å². The van der Waals surface area contributed by atoms with E-state index in [0.717, 1.165) is 50.8 Å². The van der Waals surface area contributed by atoms with E-state index < -0.39 is 0 Å². The lowest BCUT2D eigenvalue weighted by atomic mass is 9.73. The molecule has 5 nitrogen and oxygen atoms in total. The third-order valence-corrected chi connectivity index (χ3v) is 6.69. The first-order valence-corrected chi connectivity index (χ1v) is 10.5. The highest BCUT2D eigenvalue weighted by molar-refractivity contribution is 5.80. The minimum absolute atomic E-state index is 0.0128. The van der Waals surface area contributed by atoms with Gasteiger partial charge in [0.2, 0.25) is 0 Å². The number of rotatable bonds is 4. The largest absolute Gasteiger partial charge is 0.392 e. The van der Waals surface area contributed by atoms with Crippen LogP contribution >= 0.6 is 0 Å². The van der Waals surface area contributed by atoms with Crippen LogP contribution in [0.1, 0.15) is 58.3 Å². The van der Waals surface area contributed by atoms with Crippen molar-refractivity contribution in [2.24, 2.45) is 16.3 Å². The zero-order chi connectivity index (χ0) is 17.7. The molecule has 144 valence electrons. The number of likely N-dealkylation sites (tertiary alicyclic amines) is 2. The normalized spacial score (nSPS) is 35.2. The van der Waals surface area contributed by atoms with Gasteiger partial charge in [-0.3, -0.25) is 4.99 Å². The highest BCUT2D eigenvalue weighted by Gasteiger charge is 2.36. The van der Waals surface area contributed by atoms with Crippen molar-refractivity contribution in [1.82, 2.24) is 15.1 Å². The minimum Gasteiger partial charge on any atom is -0.392 e. The average molecular weight is 351 g/mol. The summed E-state index contributed by atoms with van der Waals surface area (Å²) in [6.07, 6.45) is 9.70. The SMILES string of the molecule is CN=C(NCC1(C)CCCCC1O)N1CCC(CN2CCCCC2)C1. The van der Waals surface area contributed by atoms with Gasteiger partial charge in [-0.15, -0.1) is 0 Å². The number of piperidine rings is 1. The van der Waals surface area contributed by atoms with Gasteiger partial charge >= 0.3 is 0 Å². The highest BCUT2D eigenvalue weighted by Crippen LogP contribution is 2.35. The molecule has 2 aliphatic heterocycles.